The third kappa shape index (κ3) is 4.57. The monoisotopic (exact) mass is 260 g/mol. The zero-order valence-electron chi connectivity index (χ0n) is 8.93. The first-order valence-corrected chi connectivity index (χ1v) is 4.96. The molecule has 0 aromatic rings. The van der Waals surface area contributed by atoms with Gasteiger partial charge < -0.3 is 10.6 Å². The molecule has 16 heavy (non-hydrogen) atoms. The van der Waals surface area contributed by atoms with Crippen LogP contribution < -0.4 is 10.6 Å². The first kappa shape index (κ1) is 15.5. The van der Waals surface area contributed by atoms with Crippen LogP contribution in [-0.4, -0.2) is 31.7 Å². The molecule has 2 unspecified atom stereocenters. The second kappa shape index (κ2) is 6.30. The van der Waals surface area contributed by atoms with Crippen LogP contribution in [0.5, 0.6) is 0 Å². The van der Waals surface area contributed by atoms with E-state index in [1.54, 1.807) is 0 Å². The molecule has 1 fully saturated rings. The third-order valence-electron chi connectivity index (χ3n) is 2.61. The molecule has 2 N–H and O–H groups in total. The van der Waals surface area contributed by atoms with Gasteiger partial charge in [0.2, 0.25) is 5.91 Å². The number of amides is 1. The van der Waals surface area contributed by atoms with Crippen LogP contribution in [-0.2, 0) is 4.79 Å². The number of carbonyl (C=O) groups excluding carboxylic acids is 1. The van der Waals surface area contributed by atoms with Gasteiger partial charge in [0.1, 0.15) is 5.92 Å². The number of nitrogens with one attached hydrogen (secondary N) is 2. The molecule has 1 aliphatic heterocycles. The normalized spacial score (nSPS) is 22.4. The van der Waals surface area contributed by atoms with Gasteiger partial charge in [-0.25, -0.2) is 0 Å². The Morgan fingerprint density at radius 2 is 2.19 bits per heavy atom. The smallest absolute Gasteiger partial charge is 0.355 e. The van der Waals surface area contributed by atoms with Gasteiger partial charge in [-0.2, -0.15) is 13.2 Å². The summed E-state index contributed by atoms with van der Waals surface area (Å²) in [7, 11) is 0. The van der Waals surface area contributed by atoms with Crippen LogP contribution in [0.3, 0.4) is 0 Å². The lowest BCUT2D eigenvalue weighted by Gasteiger charge is -2.16. The summed E-state index contributed by atoms with van der Waals surface area (Å²) in [5.41, 5.74) is 0. The van der Waals surface area contributed by atoms with E-state index < -0.39 is 18.0 Å². The summed E-state index contributed by atoms with van der Waals surface area (Å²) in [6.07, 6.45) is -3.54. The molecule has 1 heterocycles. The van der Waals surface area contributed by atoms with Gasteiger partial charge in [-0.15, -0.1) is 12.4 Å². The summed E-state index contributed by atoms with van der Waals surface area (Å²) in [5, 5.41) is 5.41. The molecule has 1 aliphatic rings. The van der Waals surface area contributed by atoms with Crippen molar-refractivity contribution in [3.8, 4) is 0 Å². The maximum Gasteiger partial charge on any atom is 0.400 e. The molecule has 7 heteroatoms. The Hall–Kier alpha value is -0.490. The number of rotatable bonds is 3. The molecule has 3 nitrogen and oxygen atoms in total. The fourth-order valence-corrected chi connectivity index (χ4v) is 1.44. The molecule has 0 spiro atoms. The lowest BCUT2D eigenvalue weighted by atomic mass is 10.1. The van der Waals surface area contributed by atoms with Crippen LogP contribution in [0.2, 0.25) is 0 Å². The minimum absolute atomic E-state index is 0. The van der Waals surface area contributed by atoms with Crippen molar-refractivity contribution in [3.63, 3.8) is 0 Å². The Bertz CT molecular complexity index is 229. The van der Waals surface area contributed by atoms with Gasteiger partial charge in [0, 0.05) is 6.54 Å². The summed E-state index contributed by atoms with van der Waals surface area (Å²) >= 11 is 0. The predicted octanol–water partition coefficient (Wildman–Crippen LogP) is 1.33. The first-order chi connectivity index (χ1) is 6.91. The van der Waals surface area contributed by atoms with E-state index in [1.165, 1.54) is 0 Å². The van der Waals surface area contributed by atoms with E-state index in [-0.39, 0.29) is 18.3 Å². The molecule has 0 bridgehead atoms. The van der Waals surface area contributed by atoms with E-state index in [1.807, 2.05) is 0 Å². The van der Waals surface area contributed by atoms with Crippen LogP contribution >= 0.6 is 12.4 Å². The van der Waals surface area contributed by atoms with E-state index in [2.05, 4.69) is 10.6 Å². The highest BCUT2D eigenvalue weighted by Crippen LogP contribution is 2.25. The Labute approximate surface area is 98.6 Å². The number of halogens is 4. The third-order valence-corrected chi connectivity index (χ3v) is 2.61. The average molecular weight is 261 g/mol. The van der Waals surface area contributed by atoms with E-state index in [4.69, 9.17) is 0 Å². The largest absolute Gasteiger partial charge is 0.400 e. The molecule has 0 aromatic carbocycles. The van der Waals surface area contributed by atoms with Crippen LogP contribution in [0.1, 0.15) is 13.3 Å². The zero-order valence-corrected chi connectivity index (χ0v) is 9.75. The van der Waals surface area contributed by atoms with Gasteiger partial charge in [0.25, 0.3) is 0 Å². The van der Waals surface area contributed by atoms with Gasteiger partial charge >= 0.3 is 6.18 Å². The molecule has 2 atom stereocenters. The maximum atomic E-state index is 12.1. The van der Waals surface area contributed by atoms with Crippen molar-refractivity contribution in [1.29, 1.82) is 0 Å². The fourth-order valence-electron chi connectivity index (χ4n) is 1.44. The van der Waals surface area contributed by atoms with Crippen molar-refractivity contribution in [1.82, 2.24) is 10.6 Å². The zero-order chi connectivity index (χ0) is 11.5. The summed E-state index contributed by atoms with van der Waals surface area (Å²) in [5.74, 6) is -2.60. The van der Waals surface area contributed by atoms with Crippen LogP contribution in [0.4, 0.5) is 13.2 Å². The summed E-state index contributed by atoms with van der Waals surface area (Å²) < 4.78 is 36.4. The van der Waals surface area contributed by atoms with E-state index in [0.29, 0.717) is 6.54 Å². The predicted molar refractivity (Wildman–Crippen MR) is 56.5 cm³/mol. The average Bonchev–Trinajstić information content (AvgIpc) is 2.63. The van der Waals surface area contributed by atoms with Crippen molar-refractivity contribution < 1.29 is 18.0 Å². The molecular formula is C9H16ClF3N2O. The van der Waals surface area contributed by atoms with Crippen molar-refractivity contribution in [2.75, 3.05) is 19.6 Å². The minimum atomic E-state index is -4.45. The number of hydrogen-bond donors (Lipinski definition) is 2. The molecule has 0 aromatic heterocycles. The van der Waals surface area contributed by atoms with Crippen LogP contribution in [0.25, 0.3) is 0 Å². The van der Waals surface area contributed by atoms with E-state index in [0.717, 1.165) is 26.4 Å². The number of alkyl halides is 3. The lowest BCUT2D eigenvalue weighted by Crippen LogP contribution is -2.39. The van der Waals surface area contributed by atoms with Crippen LogP contribution in [0.15, 0.2) is 0 Å². The molecule has 0 radical (unpaired) electrons. The Morgan fingerprint density at radius 3 is 2.62 bits per heavy atom. The summed E-state index contributed by atoms with van der Waals surface area (Å²) in [4.78, 5) is 11.1. The van der Waals surface area contributed by atoms with Crippen molar-refractivity contribution in [2.24, 2.45) is 11.8 Å². The van der Waals surface area contributed by atoms with E-state index in [9.17, 15) is 18.0 Å². The fraction of sp³-hybridized carbons (Fsp3) is 0.889. The molecular weight excluding hydrogens is 245 g/mol. The Morgan fingerprint density at radius 1 is 1.56 bits per heavy atom. The maximum absolute atomic E-state index is 12.1. The second-order valence-corrected chi connectivity index (χ2v) is 3.87. The number of carbonyl (C=O) groups is 1. The van der Waals surface area contributed by atoms with Gasteiger partial charge in [-0.1, -0.05) is 0 Å². The molecule has 0 saturated carbocycles. The topological polar surface area (TPSA) is 41.1 Å². The molecule has 1 saturated heterocycles. The first-order valence-electron chi connectivity index (χ1n) is 4.96. The van der Waals surface area contributed by atoms with Crippen molar-refractivity contribution >= 4 is 18.3 Å². The Kier molecular flexibility index (Phi) is 6.10. The molecule has 1 rings (SSSR count). The van der Waals surface area contributed by atoms with Crippen molar-refractivity contribution in [3.05, 3.63) is 0 Å². The highest BCUT2D eigenvalue weighted by Gasteiger charge is 2.41. The molecule has 1 amide bonds. The standard InChI is InChI=1S/C9H15F3N2O.ClH/c1-6(9(10,11)12)8(15)14-5-7-2-3-13-4-7;/h6-7,13H,2-5H2,1H3,(H,14,15);1H. The lowest BCUT2D eigenvalue weighted by molar-refractivity contribution is -0.178. The molecule has 96 valence electrons. The summed E-state index contributed by atoms with van der Waals surface area (Å²) in [6, 6.07) is 0. The highest BCUT2D eigenvalue weighted by molar-refractivity contribution is 5.85. The van der Waals surface area contributed by atoms with Gasteiger partial charge in [0.15, 0.2) is 0 Å². The Balaban J connectivity index is 0.00000225. The SMILES string of the molecule is CC(C(=O)NCC1CCNC1)C(F)(F)F.Cl. The van der Waals surface area contributed by atoms with Crippen LogP contribution in [0, 0.1) is 11.8 Å². The van der Waals surface area contributed by atoms with Gasteiger partial charge in [-0.05, 0) is 32.4 Å². The quantitative estimate of drug-likeness (QED) is 0.804. The minimum Gasteiger partial charge on any atom is -0.355 e. The second-order valence-electron chi connectivity index (χ2n) is 3.87. The number of hydrogen-bond acceptors (Lipinski definition) is 2. The molecule has 0 aliphatic carbocycles. The summed E-state index contributed by atoms with van der Waals surface area (Å²) in [6.45, 7) is 2.84. The van der Waals surface area contributed by atoms with Gasteiger partial charge in [-0.3, -0.25) is 4.79 Å². The van der Waals surface area contributed by atoms with E-state index >= 15 is 0 Å². The highest BCUT2D eigenvalue weighted by atomic mass is 35.5. The van der Waals surface area contributed by atoms with Crippen molar-refractivity contribution in [2.45, 2.75) is 19.5 Å². The van der Waals surface area contributed by atoms with Gasteiger partial charge in [0.05, 0.1) is 0 Å².